The topological polar surface area (TPSA) is 3.88 Å². The zero-order chi connectivity index (χ0) is 18.4. The van der Waals surface area contributed by atoms with Crippen molar-refractivity contribution in [3.8, 4) is 22.4 Å². The van der Waals surface area contributed by atoms with Gasteiger partial charge in [0.15, 0.2) is 6.20 Å². The SMILES string of the molecule is Cc1ccccc1-c1cc(-c2ccc(C3C4CCCC3C4)cc2)cc[n+]1C. The van der Waals surface area contributed by atoms with Gasteiger partial charge in [0.1, 0.15) is 7.05 Å². The molecule has 3 aromatic rings. The minimum absolute atomic E-state index is 0.837. The number of pyridine rings is 1. The van der Waals surface area contributed by atoms with Crippen LogP contribution in [-0.2, 0) is 7.05 Å². The van der Waals surface area contributed by atoms with Crippen LogP contribution in [0.4, 0.5) is 0 Å². The van der Waals surface area contributed by atoms with Gasteiger partial charge in [-0.15, -0.1) is 0 Å². The molecule has 2 atom stereocenters. The lowest BCUT2D eigenvalue weighted by Gasteiger charge is -2.50. The molecule has 2 bridgehead atoms. The highest BCUT2D eigenvalue weighted by Gasteiger charge is 2.43. The lowest BCUT2D eigenvalue weighted by Crippen LogP contribution is -2.38. The Balaban J connectivity index is 1.47. The number of aryl methyl sites for hydroxylation is 2. The molecule has 0 saturated heterocycles. The largest absolute Gasteiger partial charge is 0.213 e. The third-order valence-electron chi connectivity index (χ3n) is 6.97. The summed E-state index contributed by atoms with van der Waals surface area (Å²) in [6.07, 6.45) is 7.99. The Bertz CT molecular complexity index is 956. The highest BCUT2D eigenvalue weighted by molar-refractivity contribution is 5.70. The van der Waals surface area contributed by atoms with E-state index in [0.717, 1.165) is 17.8 Å². The normalized spacial score (nSPS) is 23.7. The van der Waals surface area contributed by atoms with Crippen molar-refractivity contribution in [1.29, 1.82) is 0 Å². The lowest BCUT2D eigenvalue weighted by atomic mass is 9.55. The molecule has 0 amide bonds. The summed E-state index contributed by atoms with van der Waals surface area (Å²) in [7, 11) is 2.13. The van der Waals surface area contributed by atoms with Crippen LogP contribution in [0.5, 0.6) is 0 Å². The predicted molar refractivity (Wildman–Crippen MR) is 111 cm³/mol. The van der Waals surface area contributed by atoms with Gasteiger partial charge in [0.2, 0.25) is 5.69 Å². The van der Waals surface area contributed by atoms with E-state index in [1.54, 1.807) is 5.56 Å². The summed E-state index contributed by atoms with van der Waals surface area (Å²) in [5.74, 6) is 2.75. The van der Waals surface area contributed by atoms with Crippen molar-refractivity contribution in [3.05, 3.63) is 78.0 Å². The van der Waals surface area contributed by atoms with Crippen molar-refractivity contribution in [2.24, 2.45) is 18.9 Å². The van der Waals surface area contributed by atoms with Crippen molar-refractivity contribution in [1.82, 2.24) is 0 Å². The standard InChI is InChI=1S/C26H28N/c1-18-6-3-4-9-24(18)25-17-21(14-15-27(25)2)19-10-12-20(13-11-19)26-22-7-5-8-23(26)16-22/h3-4,6,9-15,17,22-23,26H,5,7-8,16H2,1-2H3/q+1. The van der Waals surface area contributed by atoms with Gasteiger partial charge in [0.25, 0.3) is 0 Å². The van der Waals surface area contributed by atoms with Crippen LogP contribution in [0, 0.1) is 18.8 Å². The monoisotopic (exact) mass is 354 g/mol. The first kappa shape index (κ1) is 16.7. The van der Waals surface area contributed by atoms with Gasteiger partial charge in [0, 0.05) is 17.7 Å². The zero-order valence-corrected chi connectivity index (χ0v) is 16.4. The van der Waals surface area contributed by atoms with E-state index >= 15 is 0 Å². The third kappa shape index (κ3) is 2.90. The number of aromatic nitrogens is 1. The Hall–Kier alpha value is -2.41. The van der Waals surface area contributed by atoms with Crippen molar-refractivity contribution in [2.75, 3.05) is 0 Å². The summed E-state index contributed by atoms with van der Waals surface area (Å²) in [6, 6.07) is 22.6. The van der Waals surface area contributed by atoms with Gasteiger partial charge < -0.3 is 0 Å². The summed E-state index contributed by atoms with van der Waals surface area (Å²) in [6.45, 7) is 2.19. The highest BCUT2D eigenvalue weighted by atomic mass is 14.9. The number of nitrogens with zero attached hydrogens (tertiary/aromatic N) is 1. The fourth-order valence-corrected chi connectivity index (χ4v) is 5.43. The Morgan fingerprint density at radius 2 is 1.59 bits per heavy atom. The molecule has 0 radical (unpaired) electrons. The number of hydrogen-bond acceptors (Lipinski definition) is 0. The smallest absolute Gasteiger partial charge is 0.201 e. The fraction of sp³-hybridized carbons (Fsp3) is 0.346. The molecule has 27 heavy (non-hydrogen) atoms. The van der Waals surface area contributed by atoms with Crippen LogP contribution in [-0.4, -0.2) is 0 Å². The van der Waals surface area contributed by atoms with Crippen LogP contribution in [0.1, 0.15) is 42.7 Å². The molecule has 2 aromatic carbocycles. The van der Waals surface area contributed by atoms with E-state index in [2.05, 4.69) is 85.4 Å². The molecule has 1 nitrogen and oxygen atoms in total. The maximum absolute atomic E-state index is 2.39. The number of hydrogen-bond donors (Lipinski definition) is 0. The average molecular weight is 355 g/mol. The molecule has 136 valence electrons. The van der Waals surface area contributed by atoms with Crippen LogP contribution >= 0.6 is 0 Å². The summed E-state index contributed by atoms with van der Waals surface area (Å²) in [5.41, 5.74) is 8.08. The predicted octanol–water partition coefficient (Wildman–Crippen LogP) is 6.06. The van der Waals surface area contributed by atoms with Crippen molar-refractivity contribution in [2.45, 2.75) is 38.5 Å². The molecule has 2 unspecified atom stereocenters. The average Bonchev–Trinajstić information content (AvgIpc) is 2.70. The second-order valence-corrected chi connectivity index (χ2v) is 8.56. The molecule has 2 fully saturated rings. The molecular weight excluding hydrogens is 326 g/mol. The summed E-state index contributed by atoms with van der Waals surface area (Å²) in [5, 5.41) is 0. The molecule has 0 aliphatic heterocycles. The number of benzene rings is 2. The first-order valence-corrected chi connectivity index (χ1v) is 10.4. The van der Waals surface area contributed by atoms with E-state index in [4.69, 9.17) is 0 Å². The summed E-state index contributed by atoms with van der Waals surface area (Å²) >= 11 is 0. The van der Waals surface area contributed by atoms with E-state index < -0.39 is 0 Å². The molecule has 0 spiro atoms. The third-order valence-corrected chi connectivity index (χ3v) is 6.97. The van der Waals surface area contributed by atoms with Crippen LogP contribution in [0.15, 0.2) is 66.9 Å². The molecular formula is C26H28N+. The molecule has 1 heteroatoms. The van der Waals surface area contributed by atoms with Crippen molar-refractivity contribution in [3.63, 3.8) is 0 Å². The van der Waals surface area contributed by atoms with E-state index in [-0.39, 0.29) is 0 Å². The van der Waals surface area contributed by atoms with Gasteiger partial charge >= 0.3 is 0 Å². The molecule has 2 aliphatic rings. The van der Waals surface area contributed by atoms with E-state index in [1.165, 1.54) is 53.6 Å². The van der Waals surface area contributed by atoms with E-state index in [9.17, 15) is 0 Å². The zero-order valence-electron chi connectivity index (χ0n) is 16.4. The van der Waals surface area contributed by atoms with Gasteiger partial charge in [-0.3, -0.25) is 0 Å². The Morgan fingerprint density at radius 3 is 2.30 bits per heavy atom. The Kier molecular flexibility index (Phi) is 4.11. The molecule has 1 heterocycles. The van der Waals surface area contributed by atoms with Gasteiger partial charge in [-0.1, -0.05) is 48.9 Å². The Labute approximate surface area is 162 Å². The molecule has 5 rings (SSSR count). The molecule has 2 aliphatic carbocycles. The summed E-state index contributed by atoms with van der Waals surface area (Å²) < 4.78 is 2.22. The minimum Gasteiger partial charge on any atom is -0.201 e. The van der Waals surface area contributed by atoms with E-state index in [1.807, 2.05) is 0 Å². The highest BCUT2D eigenvalue weighted by Crippen LogP contribution is 2.56. The number of fused-ring (bicyclic) bond motifs is 2. The lowest BCUT2D eigenvalue weighted by molar-refractivity contribution is -0.660. The summed E-state index contributed by atoms with van der Waals surface area (Å²) in [4.78, 5) is 0. The van der Waals surface area contributed by atoms with Crippen molar-refractivity contribution < 1.29 is 4.57 Å². The second kappa shape index (κ2) is 6.64. The first-order chi connectivity index (χ1) is 13.2. The Morgan fingerprint density at radius 1 is 0.852 bits per heavy atom. The van der Waals surface area contributed by atoms with E-state index in [0.29, 0.717) is 0 Å². The van der Waals surface area contributed by atoms with Gasteiger partial charge in [-0.05, 0) is 72.3 Å². The van der Waals surface area contributed by atoms with Crippen molar-refractivity contribution >= 4 is 0 Å². The first-order valence-electron chi connectivity index (χ1n) is 10.4. The van der Waals surface area contributed by atoms with Crippen LogP contribution < -0.4 is 4.57 Å². The minimum atomic E-state index is 0.837. The molecule has 2 saturated carbocycles. The van der Waals surface area contributed by atoms with Crippen LogP contribution in [0.2, 0.25) is 0 Å². The van der Waals surface area contributed by atoms with Gasteiger partial charge in [0.05, 0.1) is 0 Å². The maximum Gasteiger partial charge on any atom is 0.213 e. The maximum atomic E-state index is 2.39. The molecule has 0 N–H and O–H groups in total. The van der Waals surface area contributed by atoms with Crippen LogP contribution in [0.25, 0.3) is 22.4 Å². The molecule has 1 aromatic heterocycles. The number of rotatable bonds is 3. The quantitative estimate of drug-likeness (QED) is 0.504. The second-order valence-electron chi connectivity index (χ2n) is 8.56. The van der Waals surface area contributed by atoms with Gasteiger partial charge in [-0.25, -0.2) is 4.57 Å². The van der Waals surface area contributed by atoms with Crippen LogP contribution in [0.3, 0.4) is 0 Å². The fourth-order valence-electron chi connectivity index (χ4n) is 5.43. The van der Waals surface area contributed by atoms with Gasteiger partial charge in [-0.2, -0.15) is 0 Å².